The molecule has 58 heavy (non-hydrogen) atoms. The molecule has 6 atom stereocenters. The zero-order valence-corrected chi connectivity index (χ0v) is 35.5. The van der Waals surface area contributed by atoms with Crippen molar-refractivity contribution in [2.45, 2.75) is 173 Å². The van der Waals surface area contributed by atoms with E-state index in [4.69, 9.17) is 18.9 Å². The molecule has 0 aromatic carbocycles. The van der Waals surface area contributed by atoms with Gasteiger partial charge < -0.3 is 39.4 Å². The predicted molar refractivity (Wildman–Crippen MR) is 233 cm³/mol. The van der Waals surface area contributed by atoms with Gasteiger partial charge in [-0.05, 0) is 70.6 Å². The number of allylic oxidation sites excluding steroid dienone is 16. The van der Waals surface area contributed by atoms with Gasteiger partial charge in [0.2, 0.25) is 0 Å². The first-order chi connectivity index (χ1) is 28.3. The number of unbranched alkanes of at least 4 members (excludes halogenated alkanes) is 10. The fourth-order valence-electron chi connectivity index (χ4n) is 5.89. The van der Waals surface area contributed by atoms with Crippen molar-refractivity contribution in [2.24, 2.45) is 0 Å². The highest BCUT2D eigenvalue weighted by Crippen LogP contribution is 2.22. The average Bonchev–Trinajstić information content (AvgIpc) is 3.22. The first kappa shape index (κ1) is 52.6. The molecule has 0 spiro atoms. The van der Waals surface area contributed by atoms with Crippen LogP contribution < -0.4 is 0 Å². The van der Waals surface area contributed by atoms with Gasteiger partial charge in [0.25, 0.3) is 0 Å². The Morgan fingerprint density at radius 3 is 1.67 bits per heavy atom. The van der Waals surface area contributed by atoms with Crippen LogP contribution in [0, 0.1) is 0 Å². The van der Waals surface area contributed by atoms with E-state index in [9.17, 15) is 30.0 Å². The summed E-state index contributed by atoms with van der Waals surface area (Å²) in [5, 5.41) is 40.0. The molecule has 1 saturated heterocycles. The van der Waals surface area contributed by atoms with E-state index >= 15 is 0 Å². The molecule has 4 N–H and O–H groups in total. The Kier molecular flexibility index (Phi) is 34.4. The highest BCUT2D eigenvalue weighted by Gasteiger charge is 2.44. The van der Waals surface area contributed by atoms with Crippen molar-refractivity contribution in [3.8, 4) is 0 Å². The summed E-state index contributed by atoms with van der Waals surface area (Å²) in [5.74, 6) is -0.877. The van der Waals surface area contributed by atoms with Gasteiger partial charge in [-0.25, -0.2) is 0 Å². The van der Waals surface area contributed by atoms with Crippen LogP contribution in [0.2, 0.25) is 0 Å². The number of hydrogen-bond acceptors (Lipinski definition) is 10. The minimum Gasteiger partial charge on any atom is -0.462 e. The van der Waals surface area contributed by atoms with Gasteiger partial charge in [-0.1, -0.05) is 150 Å². The summed E-state index contributed by atoms with van der Waals surface area (Å²) in [7, 11) is 0. The first-order valence-electron chi connectivity index (χ1n) is 21.9. The molecule has 3 unspecified atom stereocenters. The number of esters is 2. The Hall–Kier alpha value is -3.38. The van der Waals surface area contributed by atoms with E-state index in [1.807, 2.05) is 36.5 Å². The molecule has 0 amide bonds. The molecule has 0 saturated carbocycles. The fraction of sp³-hybridized carbons (Fsp3) is 0.625. The van der Waals surface area contributed by atoms with Crippen molar-refractivity contribution >= 4 is 11.9 Å². The van der Waals surface area contributed by atoms with Gasteiger partial charge in [-0.15, -0.1) is 0 Å². The second-order valence-corrected chi connectivity index (χ2v) is 14.5. The Labute approximate surface area is 349 Å². The minimum atomic E-state index is -1.61. The number of ether oxygens (including phenoxy) is 4. The maximum atomic E-state index is 12.7. The topological polar surface area (TPSA) is 152 Å². The normalized spacial score (nSPS) is 21.1. The number of carbonyl (C=O) groups is 2. The highest BCUT2D eigenvalue weighted by atomic mass is 16.7. The summed E-state index contributed by atoms with van der Waals surface area (Å²) in [6.07, 6.45) is 42.7. The lowest BCUT2D eigenvalue weighted by Gasteiger charge is -2.39. The van der Waals surface area contributed by atoms with Crippen molar-refractivity contribution in [1.29, 1.82) is 0 Å². The quantitative estimate of drug-likeness (QED) is 0.0214. The fourth-order valence-corrected chi connectivity index (χ4v) is 5.89. The van der Waals surface area contributed by atoms with Crippen LogP contribution in [0.15, 0.2) is 97.2 Å². The molecule has 1 rings (SSSR count). The van der Waals surface area contributed by atoms with Crippen LogP contribution in [0.5, 0.6) is 0 Å². The Morgan fingerprint density at radius 2 is 1.05 bits per heavy atom. The third-order valence-corrected chi connectivity index (χ3v) is 9.31. The molecule has 328 valence electrons. The lowest BCUT2D eigenvalue weighted by atomic mass is 9.99. The molecule has 1 aliphatic rings. The van der Waals surface area contributed by atoms with Crippen LogP contribution in [0.25, 0.3) is 0 Å². The summed E-state index contributed by atoms with van der Waals surface area (Å²) in [6, 6.07) is 0. The van der Waals surface area contributed by atoms with E-state index in [-0.39, 0.29) is 26.1 Å². The molecule has 1 heterocycles. The van der Waals surface area contributed by atoms with Gasteiger partial charge in [-0.3, -0.25) is 9.59 Å². The summed E-state index contributed by atoms with van der Waals surface area (Å²) < 4.78 is 22.1. The molecule has 0 aromatic heterocycles. The number of aliphatic hydroxyl groups excluding tert-OH is 4. The van der Waals surface area contributed by atoms with Crippen molar-refractivity contribution < 1.29 is 49.0 Å². The zero-order valence-electron chi connectivity index (χ0n) is 35.5. The van der Waals surface area contributed by atoms with Gasteiger partial charge >= 0.3 is 11.9 Å². The van der Waals surface area contributed by atoms with Crippen LogP contribution in [-0.4, -0.2) is 89.0 Å². The van der Waals surface area contributed by atoms with Crippen LogP contribution in [0.3, 0.4) is 0 Å². The van der Waals surface area contributed by atoms with Gasteiger partial charge in [0.05, 0.1) is 13.2 Å². The van der Waals surface area contributed by atoms with Crippen LogP contribution in [0.4, 0.5) is 0 Å². The van der Waals surface area contributed by atoms with Crippen molar-refractivity contribution in [3.05, 3.63) is 97.2 Å². The number of carbonyl (C=O) groups excluding carboxylic acids is 2. The maximum absolute atomic E-state index is 12.7. The van der Waals surface area contributed by atoms with Crippen molar-refractivity contribution in [3.63, 3.8) is 0 Å². The molecule has 10 nitrogen and oxygen atoms in total. The number of hydrogen-bond donors (Lipinski definition) is 4. The summed E-state index contributed by atoms with van der Waals surface area (Å²) in [6.45, 7) is 3.09. The molecule has 1 aliphatic heterocycles. The smallest absolute Gasteiger partial charge is 0.306 e. The van der Waals surface area contributed by atoms with Crippen molar-refractivity contribution in [2.75, 3.05) is 19.8 Å². The molecular weight excluding hydrogens is 737 g/mol. The minimum absolute atomic E-state index is 0.175. The van der Waals surface area contributed by atoms with E-state index in [1.54, 1.807) is 0 Å². The molecule has 0 aliphatic carbocycles. The number of rotatable bonds is 34. The van der Waals surface area contributed by atoms with E-state index < -0.39 is 55.4 Å². The van der Waals surface area contributed by atoms with E-state index in [0.29, 0.717) is 12.8 Å². The highest BCUT2D eigenvalue weighted by molar-refractivity contribution is 5.70. The Bertz CT molecular complexity index is 1260. The molecule has 0 radical (unpaired) electrons. The van der Waals surface area contributed by atoms with Crippen molar-refractivity contribution in [1.82, 2.24) is 0 Å². The summed E-state index contributed by atoms with van der Waals surface area (Å²) in [5.41, 5.74) is 0. The predicted octanol–water partition coefficient (Wildman–Crippen LogP) is 9.16. The first-order valence-corrected chi connectivity index (χ1v) is 21.9. The summed E-state index contributed by atoms with van der Waals surface area (Å²) in [4.78, 5) is 25.3. The van der Waals surface area contributed by atoms with Crippen LogP contribution >= 0.6 is 0 Å². The molecule has 10 heteroatoms. The van der Waals surface area contributed by atoms with Gasteiger partial charge in [-0.2, -0.15) is 0 Å². The Morgan fingerprint density at radius 1 is 0.552 bits per heavy atom. The largest absolute Gasteiger partial charge is 0.462 e. The maximum Gasteiger partial charge on any atom is 0.306 e. The average molecular weight is 813 g/mol. The van der Waals surface area contributed by atoms with Gasteiger partial charge in [0.15, 0.2) is 12.4 Å². The second kappa shape index (κ2) is 37.9. The monoisotopic (exact) mass is 813 g/mol. The van der Waals surface area contributed by atoms with E-state index in [0.717, 1.165) is 77.0 Å². The second-order valence-electron chi connectivity index (χ2n) is 14.5. The lowest BCUT2D eigenvalue weighted by Crippen LogP contribution is -2.59. The molecular formula is C48H76O10. The summed E-state index contributed by atoms with van der Waals surface area (Å²) >= 11 is 0. The van der Waals surface area contributed by atoms with Crippen LogP contribution in [-0.2, 0) is 28.5 Å². The lowest BCUT2D eigenvalue weighted by molar-refractivity contribution is -0.305. The van der Waals surface area contributed by atoms with Gasteiger partial charge in [0.1, 0.15) is 31.0 Å². The standard InChI is InChI=1S/C48H76O10/c1-3-5-7-9-11-13-15-17-18-19-20-21-22-23-25-26-28-30-32-34-36-43(50)55-39-41(40-56-48-47(54)46(53)45(52)42(38-49)58-48)57-44(51)37-35-33-31-29-27-24-16-14-12-10-8-6-4-2/h5-8,10-14,16-18,20-21,24,27,41-42,45-49,52-54H,3-4,9,15,19,22-23,25-26,28-40H2,1-2H3/b7-5+,8-6+,12-10+,13-11+,16-14+,18-17+,21-20+,27-24+/t41?,42-,45+,46?,47?,48-/m0/s1. The molecule has 0 aromatic rings. The van der Waals surface area contributed by atoms with Crippen LogP contribution in [0.1, 0.15) is 136 Å². The van der Waals surface area contributed by atoms with Gasteiger partial charge in [0, 0.05) is 12.8 Å². The molecule has 1 fully saturated rings. The number of aliphatic hydroxyl groups is 4. The molecule has 0 bridgehead atoms. The zero-order chi connectivity index (χ0) is 42.3. The SMILES string of the molecule is CC/C=C/C=C/C=C/C=C/CCCCCC(=O)OC(COC(=O)CCCCCCCCC/C=C/C/C=C/C/C=C/C/C=C/CC)CO[C@H]1O[C@@H](CO)[C@@H](O)C(O)C1O. The third-order valence-electron chi connectivity index (χ3n) is 9.31. The Balaban J connectivity index is 2.35. The van der Waals surface area contributed by atoms with E-state index in [1.165, 1.54) is 19.3 Å². The van der Waals surface area contributed by atoms with E-state index in [2.05, 4.69) is 74.6 Å². The third kappa shape index (κ3) is 28.9.